The van der Waals surface area contributed by atoms with Crippen LogP contribution in [0.4, 0.5) is 0 Å². The van der Waals surface area contributed by atoms with Gasteiger partial charge in [0.05, 0.1) is 19.8 Å². The molecule has 0 rings (SSSR count). The molecule has 410 valence electrons. The summed E-state index contributed by atoms with van der Waals surface area (Å²) in [6.07, 6.45) is 53.8. The van der Waals surface area contributed by atoms with E-state index in [2.05, 4.69) is 57.2 Å². The van der Waals surface area contributed by atoms with Crippen LogP contribution in [0.3, 0.4) is 0 Å². The van der Waals surface area contributed by atoms with Crippen molar-refractivity contribution in [2.45, 2.75) is 290 Å². The number of carbonyl (C=O) groups excluding carboxylic acids is 3. The minimum absolute atomic E-state index is 0.163. The maximum atomic E-state index is 12.9. The van der Waals surface area contributed by atoms with Crippen molar-refractivity contribution in [2.75, 3.05) is 26.4 Å². The Balaban J connectivity index is 4.72. The molecular formula is C58H107O11P. The summed E-state index contributed by atoms with van der Waals surface area (Å²) >= 11 is 0. The number of ether oxygens (including phenoxy) is 3. The van der Waals surface area contributed by atoms with Gasteiger partial charge in [-0.3, -0.25) is 23.4 Å². The van der Waals surface area contributed by atoms with Gasteiger partial charge < -0.3 is 24.2 Å². The molecule has 0 spiro atoms. The summed E-state index contributed by atoms with van der Waals surface area (Å²) in [6, 6.07) is 0. The molecule has 0 aliphatic carbocycles. The minimum Gasteiger partial charge on any atom is -0.462 e. The zero-order valence-corrected chi connectivity index (χ0v) is 46.1. The second kappa shape index (κ2) is 53.0. The number of carbonyl (C=O) groups is 3. The Morgan fingerprint density at radius 3 is 1.13 bits per heavy atom. The van der Waals surface area contributed by atoms with Gasteiger partial charge in [-0.05, 0) is 70.6 Å². The van der Waals surface area contributed by atoms with Crippen LogP contribution in [-0.4, -0.2) is 66.5 Å². The molecule has 0 aromatic rings. The van der Waals surface area contributed by atoms with Crippen molar-refractivity contribution in [3.8, 4) is 0 Å². The van der Waals surface area contributed by atoms with E-state index in [1.54, 1.807) is 0 Å². The van der Waals surface area contributed by atoms with Gasteiger partial charge in [-0.15, -0.1) is 0 Å². The SMILES string of the molecule is CCC/C=C\C/C=C\CCCCCCCC(=O)OC(CO)COP(=O)(O)OCC(COC(=O)CCCCCCC/C=C\CCCCCCCC)OC(=O)CCCCCCCCCCCCCCCCC. The highest BCUT2D eigenvalue weighted by Gasteiger charge is 2.28. The summed E-state index contributed by atoms with van der Waals surface area (Å²) in [7, 11) is -4.75. The molecule has 0 saturated heterocycles. The molecule has 70 heavy (non-hydrogen) atoms. The zero-order chi connectivity index (χ0) is 51.3. The summed E-state index contributed by atoms with van der Waals surface area (Å²) in [5, 5.41) is 9.80. The van der Waals surface area contributed by atoms with Crippen LogP contribution in [0.1, 0.15) is 278 Å². The fraction of sp³-hybridized carbons (Fsp3) is 0.845. The molecule has 0 aliphatic heterocycles. The van der Waals surface area contributed by atoms with E-state index in [4.69, 9.17) is 23.3 Å². The summed E-state index contributed by atoms with van der Waals surface area (Å²) < 4.78 is 39.5. The van der Waals surface area contributed by atoms with Crippen LogP contribution in [0.2, 0.25) is 0 Å². The molecule has 0 aromatic heterocycles. The Morgan fingerprint density at radius 2 is 0.729 bits per heavy atom. The Hall–Kier alpha value is -2.30. The van der Waals surface area contributed by atoms with Crippen molar-refractivity contribution in [1.82, 2.24) is 0 Å². The van der Waals surface area contributed by atoms with E-state index in [1.165, 1.54) is 116 Å². The molecular weight excluding hydrogens is 904 g/mol. The molecule has 3 unspecified atom stereocenters. The molecule has 0 fully saturated rings. The largest absolute Gasteiger partial charge is 0.472 e. The van der Waals surface area contributed by atoms with Crippen LogP contribution in [0.25, 0.3) is 0 Å². The number of aliphatic hydroxyl groups excluding tert-OH is 1. The van der Waals surface area contributed by atoms with Gasteiger partial charge in [0.2, 0.25) is 0 Å². The number of hydrogen-bond donors (Lipinski definition) is 2. The Bertz CT molecular complexity index is 1320. The number of rotatable bonds is 54. The number of phosphoric ester groups is 1. The van der Waals surface area contributed by atoms with Crippen molar-refractivity contribution in [3.63, 3.8) is 0 Å². The second-order valence-corrected chi connectivity index (χ2v) is 20.9. The fourth-order valence-electron chi connectivity index (χ4n) is 8.10. The molecule has 12 heteroatoms. The summed E-state index contributed by atoms with van der Waals surface area (Å²) in [5.74, 6) is -1.47. The molecule has 0 heterocycles. The molecule has 0 bridgehead atoms. The first-order chi connectivity index (χ1) is 34.2. The van der Waals surface area contributed by atoms with Gasteiger partial charge in [-0.2, -0.15) is 0 Å². The van der Waals surface area contributed by atoms with Crippen molar-refractivity contribution in [1.29, 1.82) is 0 Å². The lowest BCUT2D eigenvalue weighted by molar-refractivity contribution is -0.161. The van der Waals surface area contributed by atoms with Crippen LogP contribution < -0.4 is 0 Å². The predicted molar refractivity (Wildman–Crippen MR) is 289 cm³/mol. The highest BCUT2D eigenvalue weighted by atomic mass is 31.2. The summed E-state index contributed by atoms with van der Waals surface area (Å²) in [6.45, 7) is 4.59. The van der Waals surface area contributed by atoms with Crippen LogP contribution in [-0.2, 0) is 42.2 Å². The zero-order valence-electron chi connectivity index (χ0n) is 45.2. The topological polar surface area (TPSA) is 155 Å². The highest BCUT2D eigenvalue weighted by molar-refractivity contribution is 7.47. The standard InChI is InChI=1S/C58H107O11P/c1-4-7-10-13-16-19-22-25-27-30-32-35-38-41-44-47-56(60)65-51-55(69-58(62)49-46-43-40-37-34-31-28-26-23-20-17-14-11-8-5-2)53-67-70(63,64)66-52-54(50-59)68-57(61)48-45-42-39-36-33-29-24-21-18-15-12-9-6-3/h12,15,21,24-25,27,54-55,59H,4-11,13-14,16-20,22-23,26,28-53H2,1-3H3,(H,63,64)/b15-12-,24-21-,27-25-. The number of hydrogen-bond acceptors (Lipinski definition) is 10. The molecule has 0 saturated carbocycles. The van der Waals surface area contributed by atoms with Gasteiger partial charge in [-0.1, -0.05) is 224 Å². The maximum Gasteiger partial charge on any atom is 0.472 e. The smallest absolute Gasteiger partial charge is 0.462 e. The number of esters is 3. The van der Waals surface area contributed by atoms with E-state index in [0.29, 0.717) is 19.3 Å². The molecule has 2 N–H and O–H groups in total. The Kier molecular flexibility index (Phi) is 51.3. The average molecular weight is 1010 g/mol. The van der Waals surface area contributed by atoms with E-state index < -0.39 is 57.8 Å². The van der Waals surface area contributed by atoms with Crippen molar-refractivity contribution in [2.24, 2.45) is 0 Å². The first-order valence-electron chi connectivity index (χ1n) is 28.9. The number of phosphoric acid groups is 1. The first-order valence-corrected chi connectivity index (χ1v) is 30.4. The lowest BCUT2D eigenvalue weighted by Gasteiger charge is -2.21. The number of unbranched alkanes of at least 4 members (excludes halogenated alkanes) is 31. The lowest BCUT2D eigenvalue weighted by atomic mass is 10.0. The minimum atomic E-state index is -4.75. The molecule has 0 aromatic carbocycles. The van der Waals surface area contributed by atoms with Crippen molar-refractivity contribution < 1.29 is 52.2 Å². The van der Waals surface area contributed by atoms with E-state index in [9.17, 15) is 28.9 Å². The third kappa shape index (κ3) is 50.6. The van der Waals surface area contributed by atoms with Gasteiger partial charge in [-0.25, -0.2) is 4.57 Å². The van der Waals surface area contributed by atoms with E-state index >= 15 is 0 Å². The van der Waals surface area contributed by atoms with Gasteiger partial charge in [0.15, 0.2) is 6.10 Å². The quantitative estimate of drug-likeness (QED) is 0.0197. The Morgan fingerprint density at radius 1 is 0.400 bits per heavy atom. The molecule has 0 radical (unpaired) electrons. The maximum absolute atomic E-state index is 12.9. The lowest BCUT2D eigenvalue weighted by Crippen LogP contribution is -2.30. The number of aliphatic hydroxyl groups is 1. The van der Waals surface area contributed by atoms with Crippen molar-refractivity contribution >= 4 is 25.7 Å². The van der Waals surface area contributed by atoms with Gasteiger partial charge >= 0.3 is 25.7 Å². The Labute approximate surface area is 429 Å². The summed E-state index contributed by atoms with van der Waals surface area (Å²) in [5.41, 5.74) is 0. The number of allylic oxidation sites excluding steroid dienone is 6. The molecule has 0 amide bonds. The predicted octanol–water partition coefficient (Wildman–Crippen LogP) is 16.8. The molecule has 11 nitrogen and oxygen atoms in total. The monoisotopic (exact) mass is 1010 g/mol. The van der Waals surface area contributed by atoms with Gasteiger partial charge in [0, 0.05) is 19.3 Å². The van der Waals surface area contributed by atoms with Crippen molar-refractivity contribution in [3.05, 3.63) is 36.5 Å². The molecule has 3 atom stereocenters. The van der Waals surface area contributed by atoms with Crippen LogP contribution in [0.5, 0.6) is 0 Å². The van der Waals surface area contributed by atoms with Crippen LogP contribution >= 0.6 is 7.82 Å². The van der Waals surface area contributed by atoms with Gasteiger partial charge in [0.1, 0.15) is 12.7 Å². The van der Waals surface area contributed by atoms with E-state index in [-0.39, 0.29) is 25.9 Å². The average Bonchev–Trinajstić information content (AvgIpc) is 3.35. The van der Waals surface area contributed by atoms with Crippen LogP contribution in [0.15, 0.2) is 36.5 Å². The first kappa shape index (κ1) is 67.7. The third-order valence-electron chi connectivity index (χ3n) is 12.5. The molecule has 0 aliphatic rings. The summed E-state index contributed by atoms with van der Waals surface area (Å²) in [4.78, 5) is 48.5. The highest BCUT2D eigenvalue weighted by Crippen LogP contribution is 2.43. The fourth-order valence-corrected chi connectivity index (χ4v) is 8.88. The van der Waals surface area contributed by atoms with E-state index in [0.717, 1.165) is 103 Å². The van der Waals surface area contributed by atoms with Crippen LogP contribution in [0, 0.1) is 0 Å². The van der Waals surface area contributed by atoms with E-state index in [1.807, 2.05) is 0 Å². The van der Waals surface area contributed by atoms with Gasteiger partial charge in [0.25, 0.3) is 0 Å². The second-order valence-electron chi connectivity index (χ2n) is 19.5. The third-order valence-corrected chi connectivity index (χ3v) is 13.5. The normalized spacial score (nSPS) is 13.6.